The van der Waals surface area contributed by atoms with Crippen LogP contribution in [0.15, 0.2) is 24.3 Å². The molecular formula is C27H43N3O2S. The number of nitrogens with one attached hydrogen (secondary N) is 2. The SMILES string of the molecule is CCCCCCCCCCCCCC(=O)NC(=S)Nc1ccccc1C(=O)N1CCCCC1. The first-order valence-electron chi connectivity index (χ1n) is 13.1. The molecule has 0 aliphatic carbocycles. The first-order valence-corrected chi connectivity index (χ1v) is 13.5. The van der Waals surface area contributed by atoms with Crippen molar-refractivity contribution in [1.82, 2.24) is 10.2 Å². The van der Waals surface area contributed by atoms with E-state index in [1.54, 1.807) is 0 Å². The van der Waals surface area contributed by atoms with E-state index in [4.69, 9.17) is 12.2 Å². The van der Waals surface area contributed by atoms with Gasteiger partial charge in [-0.3, -0.25) is 9.59 Å². The lowest BCUT2D eigenvalue weighted by molar-refractivity contribution is -0.119. The largest absolute Gasteiger partial charge is 0.339 e. The molecule has 184 valence electrons. The van der Waals surface area contributed by atoms with Crippen LogP contribution in [0.3, 0.4) is 0 Å². The molecule has 0 unspecified atom stereocenters. The molecule has 0 radical (unpaired) electrons. The van der Waals surface area contributed by atoms with Gasteiger partial charge in [-0.15, -0.1) is 0 Å². The van der Waals surface area contributed by atoms with Crippen LogP contribution < -0.4 is 10.6 Å². The number of nitrogens with zero attached hydrogens (tertiary/aromatic N) is 1. The summed E-state index contributed by atoms with van der Waals surface area (Å²) in [6.45, 7) is 3.85. The Morgan fingerprint density at radius 3 is 2.06 bits per heavy atom. The highest BCUT2D eigenvalue weighted by molar-refractivity contribution is 7.80. The molecule has 0 aromatic heterocycles. The molecule has 0 saturated carbocycles. The van der Waals surface area contributed by atoms with Crippen LogP contribution in [0.25, 0.3) is 0 Å². The first-order chi connectivity index (χ1) is 16.1. The topological polar surface area (TPSA) is 61.4 Å². The van der Waals surface area contributed by atoms with Gasteiger partial charge >= 0.3 is 0 Å². The second-order valence-corrected chi connectivity index (χ2v) is 9.59. The van der Waals surface area contributed by atoms with Crippen molar-refractivity contribution in [3.63, 3.8) is 0 Å². The molecule has 2 amide bonds. The third kappa shape index (κ3) is 11.1. The number of piperidine rings is 1. The molecule has 1 aromatic rings. The lowest BCUT2D eigenvalue weighted by Gasteiger charge is -2.27. The number of likely N-dealkylation sites (tertiary alicyclic amines) is 1. The Hall–Kier alpha value is -1.95. The van der Waals surface area contributed by atoms with Crippen molar-refractivity contribution in [3.8, 4) is 0 Å². The molecule has 6 heteroatoms. The van der Waals surface area contributed by atoms with Crippen LogP contribution in [-0.2, 0) is 4.79 Å². The molecule has 33 heavy (non-hydrogen) atoms. The summed E-state index contributed by atoms with van der Waals surface area (Å²) in [5, 5.41) is 6.07. The monoisotopic (exact) mass is 473 g/mol. The van der Waals surface area contributed by atoms with Gasteiger partial charge in [0.05, 0.1) is 11.3 Å². The summed E-state index contributed by atoms with van der Waals surface area (Å²) in [5.74, 6) is -0.0452. The standard InChI is InChI=1S/C27H43N3O2S/c1-2-3-4-5-6-7-8-9-10-11-13-20-25(31)29-27(33)28-24-19-15-14-18-23(24)26(32)30-21-16-12-17-22-30/h14-15,18-19H,2-13,16-17,20-22H2,1H3,(H2,28,29,31,33). The Bertz CT molecular complexity index is 732. The number of benzene rings is 1. The fraction of sp³-hybridized carbons (Fsp3) is 0.667. The summed E-state index contributed by atoms with van der Waals surface area (Å²) in [4.78, 5) is 27.1. The molecule has 1 fully saturated rings. The van der Waals surface area contributed by atoms with E-state index >= 15 is 0 Å². The Morgan fingerprint density at radius 2 is 1.42 bits per heavy atom. The van der Waals surface area contributed by atoms with Crippen molar-refractivity contribution in [2.75, 3.05) is 18.4 Å². The molecular weight excluding hydrogens is 430 g/mol. The summed E-state index contributed by atoms with van der Waals surface area (Å²) in [6.07, 6.45) is 17.6. The van der Waals surface area contributed by atoms with Crippen LogP contribution in [0.1, 0.15) is 114 Å². The quantitative estimate of drug-likeness (QED) is 0.230. The van der Waals surface area contributed by atoms with Gasteiger partial charge in [0.15, 0.2) is 5.11 Å². The third-order valence-corrected chi connectivity index (χ3v) is 6.51. The normalized spacial score (nSPS) is 13.5. The summed E-state index contributed by atoms with van der Waals surface area (Å²) in [6, 6.07) is 7.37. The van der Waals surface area contributed by atoms with E-state index in [0.29, 0.717) is 17.7 Å². The van der Waals surface area contributed by atoms with Crippen LogP contribution in [0, 0.1) is 0 Å². The summed E-state index contributed by atoms with van der Waals surface area (Å²) in [5.41, 5.74) is 1.24. The summed E-state index contributed by atoms with van der Waals surface area (Å²) >= 11 is 5.33. The number of amides is 2. The molecule has 1 heterocycles. The molecule has 0 atom stereocenters. The highest BCUT2D eigenvalue weighted by Gasteiger charge is 2.21. The average molecular weight is 474 g/mol. The third-order valence-electron chi connectivity index (χ3n) is 6.31. The second kappa shape index (κ2) is 16.6. The molecule has 1 saturated heterocycles. The first kappa shape index (κ1) is 27.3. The van der Waals surface area contributed by atoms with Crippen LogP contribution in [0.2, 0.25) is 0 Å². The zero-order chi connectivity index (χ0) is 23.7. The number of rotatable bonds is 14. The minimum Gasteiger partial charge on any atom is -0.339 e. The maximum atomic E-state index is 12.9. The molecule has 1 aromatic carbocycles. The number of thiocarbonyl (C=S) groups is 1. The fourth-order valence-corrected chi connectivity index (χ4v) is 4.56. The Morgan fingerprint density at radius 1 is 0.848 bits per heavy atom. The van der Waals surface area contributed by atoms with Gasteiger partial charge in [-0.2, -0.15) is 0 Å². The van der Waals surface area contributed by atoms with E-state index in [1.807, 2.05) is 29.2 Å². The Balaban J connectivity index is 1.61. The van der Waals surface area contributed by atoms with Gasteiger partial charge in [0, 0.05) is 19.5 Å². The zero-order valence-corrected chi connectivity index (χ0v) is 21.3. The summed E-state index contributed by atoms with van der Waals surface area (Å²) in [7, 11) is 0. The lowest BCUT2D eigenvalue weighted by Crippen LogP contribution is -2.37. The van der Waals surface area contributed by atoms with Crippen molar-refractivity contribution in [3.05, 3.63) is 29.8 Å². The highest BCUT2D eigenvalue weighted by atomic mass is 32.1. The van der Waals surface area contributed by atoms with Gasteiger partial charge in [-0.25, -0.2) is 0 Å². The molecule has 1 aliphatic heterocycles. The van der Waals surface area contributed by atoms with Gasteiger partial charge in [-0.1, -0.05) is 83.3 Å². The van der Waals surface area contributed by atoms with E-state index in [2.05, 4.69) is 17.6 Å². The second-order valence-electron chi connectivity index (χ2n) is 9.19. The number of carbonyl (C=O) groups is 2. The van der Waals surface area contributed by atoms with Gasteiger partial charge in [0.2, 0.25) is 5.91 Å². The van der Waals surface area contributed by atoms with Crippen molar-refractivity contribution in [1.29, 1.82) is 0 Å². The fourth-order valence-electron chi connectivity index (χ4n) is 4.34. The lowest BCUT2D eigenvalue weighted by atomic mass is 10.1. The van der Waals surface area contributed by atoms with E-state index in [-0.39, 0.29) is 16.9 Å². The molecule has 2 N–H and O–H groups in total. The predicted octanol–water partition coefficient (Wildman–Crippen LogP) is 6.83. The molecule has 2 rings (SSSR count). The van der Waals surface area contributed by atoms with Crippen molar-refractivity contribution >= 4 is 34.8 Å². The number of para-hydroxylation sites is 1. The van der Waals surface area contributed by atoms with E-state index in [0.717, 1.165) is 38.8 Å². The minimum absolute atomic E-state index is 0.0212. The number of hydrogen-bond acceptors (Lipinski definition) is 3. The number of anilines is 1. The zero-order valence-electron chi connectivity index (χ0n) is 20.5. The minimum atomic E-state index is -0.0664. The van der Waals surface area contributed by atoms with Gasteiger partial charge < -0.3 is 15.5 Å². The Kier molecular flexibility index (Phi) is 13.8. The van der Waals surface area contributed by atoms with Crippen molar-refractivity contribution in [2.45, 2.75) is 103 Å². The maximum absolute atomic E-state index is 12.9. The van der Waals surface area contributed by atoms with E-state index in [9.17, 15) is 9.59 Å². The van der Waals surface area contributed by atoms with E-state index < -0.39 is 0 Å². The molecule has 0 bridgehead atoms. The van der Waals surface area contributed by atoms with Crippen molar-refractivity contribution in [2.24, 2.45) is 0 Å². The molecule has 1 aliphatic rings. The van der Waals surface area contributed by atoms with Crippen LogP contribution >= 0.6 is 12.2 Å². The average Bonchev–Trinajstić information content (AvgIpc) is 2.83. The molecule has 0 spiro atoms. The summed E-state index contributed by atoms with van der Waals surface area (Å²) < 4.78 is 0. The van der Waals surface area contributed by atoms with Gasteiger partial charge in [0.25, 0.3) is 5.91 Å². The smallest absolute Gasteiger partial charge is 0.255 e. The van der Waals surface area contributed by atoms with Crippen LogP contribution in [-0.4, -0.2) is 34.9 Å². The van der Waals surface area contributed by atoms with Crippen LogP contribution in [0.4, 0.5) is 5.69 Å². The number of hydrogen-bond donors (Lipinski definition) is 2. The number of unbranched alkanes of at least 4 members (excludes halogenated alkanes) is 10. The number of carbonyl (C=O) groups excluding carboxylic acids is 2. The van der Waals surface area contributed by atoms with Crippen LogP contribution in [0.5, 0.6) is 0 Å². The molecule has 5 nitrogen and oxygen atoms in total. The maximum Gasteiger partial charge on any atom is 0.255 e. The van der Waals surface area contributed by atoms with E-state index in [1.165, 1.54) is 64.2 Å². The van der Waals surface area contributed by atoms with Crippen molar-refractivity contribution < 1.29 is 9.59 Å². The Labute approximate surface area is 206 Å². The van der Waals surface area contributed by atoms with Gasteiger partial charge in [-0.05, 0) is 50.0 Å². The predicted molar refractivity (Wildman–Crippen MR) is 142 cm³/mol. The van der Waals surface area contributed by atoms with Gasteiger partial charge in [0.1, 0.15) is 0 Å². The highest BCUT2D eigenvalue weighted by Crippen LogP contribution is 2.20.